The molecule has 0 saturated carbocycles. The largest absolute Gasteiger partial charge is 0.491 e. The molecule has 0 N–H and O–H groups in total. The molecule has 2 unspecified atom stereocenters. The van der Waals surface area contributed by atoms with Crippen molar-refractivity contribution in [2.24, 2.45) is 0 Å². The third-order valence-corrected chi connectivity index (χ3v) is 5.76. The van der Waals surface area contributed by atoms with Gasteiger partial charge in [-0.1, -0.05) is 137 Å². The zero-order valence-corrected chi connectivity index (χ0v) is 26.7. The number of rotatable bonds is 6. The van der Waals surface area contributed by atoms with Crippen molar-refractivity contribution >= 4 is 0 Å². The lowest BCUT2D eigenvalue weighted by Crippen LogP contribution is -2.15. The number of hydrogen-bond acceptors (Lipinski definition) is 4. The van der Waals surface area contributed by atoms with Crippen LogP contribution in [-0.4, -0.2) is 38.6 Å². The first-order valence-electron chi connectivity index (χ1n) is 14.8. The van der Waals surface area contributed by atoms with Crippen molar-refractivity contribution in [1.82, 2.24) is 0 Å². The SMILES string of the molecule is C.CC.CC.CC(C)(C)c1cccc(C(C)(C)C)c1.c1ccc(OCC2CO2)cc1.c1ccc(OCC2CO2)cc1. The Kier molecular flexibility index (Phi) is 18.7. The number of ether oxygens (including phenoxy) is 4. The minimum Gasteiger partial charge on any atom is -0.491 e. The van der Waals surface area contributed by atoms with Gasteiger partial charge < -0.3 is 18.9 Å². The van der Waals surface area contributed by atoms with Crippen LogP contribution in [0.25, 0.3) is 0 Å². The van der Waals surface area contributed by atoms with Crippen LogP contribution in [0.4, 0.5) is 0 Å². The van der Waals surface area contributed by atoms with Crippen LogP contribution in [-0.2, 0) is 20.3 Å². The quantitative estimate of drug-likeness (QED) is 0.279. The van der Waals surface area contributed by atoms with E-state index < -0.39 is 0 Å². The molecule has 0 spiro atoms. The molecule has 2 aliphatic rings. The van der Waals surface area contributed by atoms with E-state index >= 15 is 0 Å². The lowest BCUT2D eigenvalue weighted by molar-refractivity contribution is 0.263. The Labute approximate surface area is 252 Å². The second kappa shape index (κ2) is 20.1. The summed E-state index contributed by atoms with van der Waals surface area (Å²) in [5, 5.41) is 0. The average Bonchev–Trinajstić information content (AvgIpc) is 3.90. The normalized spacial score (nSPS) is 16.1. The summed E-state index contributed by atoms with van der Waals surface area (Å²) in [6.45, 7) is 24.6. The van der Waals surface area contributed by atoms with Gasteiger partial charge in [-0.15, -0.1) is 0 Å². The molecule has 41 heavy (non-hydrogen) atoms. The Morgan fingerprint density at radius 2 is 0.878 bits per heavy atom. The summed E-state index contributed by atoms with van der Waals surface area (Å²) in [6, 6.07) is 28.5. The summed E-state index contributed by atoms with van der Waals surface area (Å²) in [6.07, 6.45) is 0.686. The first-order chi connectivity index (χ1) is 19.1. The highest BCUT2D eigenvalue weighted by Crippen LogP contribution is 2.28. The molecule has 2 aliphatic heterocycles. The molecule has 2 atom stereocenters. The van der Waals surface area contributed by atoms with Gasteiger partial charge in [-0.05, 0) is 46.2 Å². The van der Waals surface area contributed by atoms with Gasteiger partial charge in [0.1, 0.15) is 36.9 Å². The Bertz CT molecular complexity index is 931. The van der Waals surface area contributed by atoms with Gasteiger partial charge in [0.05, 0.1) is 13.2 Å². The zero-order valence-electron chi connectivity index (χ0n) is 26.7. The van der Waals surface area contributed by atoms with E-state index in [1.807, 2.05) is 88.4 Å². The topological polar surface area (TPSA) is 43.5 Å². The zero-order chi connectivity index (χ0) is 30.0. The minimum atomic E-state index is 0. The Hall–Kier alpha value is -2.82. The molecule has 0 radical (unpaired) electrons. The molecular formula is C37H58O4. The predicted octanol–water partition coefficient (Wildman–Crippen LogP) is 9.90. The molecule has 4 heteroatoms. The fourth-order valence-corrected chi connectivity index (χ4v) is 3.19. The van der Waals surface area contributed by atoms with Gasteiger partial charge in [0.25, 0.3) is 0 Å². The molecular weight excluding hydrogens is 508 g/mol. The molecule has 0 bridgehead atoms. The Balaban J connectivity index is 0.000000548. The second-order valence-electron chi connectivity index (χ2n) is 11.2. The van der Waals surface area contributed by atoms with Gasteiger partial charge in [-0.3, -0.25) is 0 Å². The van der Waals surface area contributed by atoms with E-state index in [1.54, 1.807) is 0 Å². The highest BCUT2D eigenvalue weighted by molar-refractivity contribution is 5.32. The van der Waals surface area contributed by atoms with Crippen molar-refractivity contribution < 1.29 is 18.9 Å². The van der Waals surface area contributed by atoms with Crippen molar-refractivity contribution in [3.8, 4) is 11.5 Å². The summed E-state index contributed by atoms with van der Waals surface area (Å²) in [4.78, 5) is 0. The van der Waals surface area contributed by atoms with Crippen LogP contribution in [0.15, 0.2) is 84.9 Å². The molecule has 2 fully saturated rings. The molecule has 4 nitrogen and oxygen atoms in total. The number of hydrogen-bond donors (Lipinski definition) is 0. The maximum absolute atomic E-state index is 5.40. The van der Waals surface area contributed by atoms with Gasteiger partial charge in [-0.2, -0.15) is 0 Å². The smallest absolute Gasteiger partial charge is 0.119 e. The standard InChI is InChI=1S/C14H22.2C9H10O2.2C2H6.CH4/c1-13(2,3)11-8-7-9-12(10-11)14(4,5)6;2*1-2-4-8(5-3-1)10-6-9-7-11-9;2*1-2;/h7-10H,1-6H3;2*1-5,9H,6-7H2;2*1-2H3;1H4. The maximum atomic E-state index is 5.40. The fraction of sp³-hybridized carbons (Fsp3) is 0.514. The molecule has 230 valence electrons. The van der Waals surface area contributed by atoms with Crippen LogP contribution in [0.5, 0.6) is 11.5 Å². The monoisotopic (exact) mass is 566 g/mol. The van der Waals surface area contributed by atoms with Crippen LogP contribution >= 0.6 is 0 Å². The third-order valence-electron chi connectivity index (χ3n) is 5.76. The van der Waals surface area contributed by atoms with Gasteiger partial charge in [0.15, 0.2) is 0 Å². The number of benzene rings is 3. The van der Waals surface area contributed by atoms with E-state index in [0.29, 0.717) is 25.4 Å². The summed E-state index contributed by atoms with van der Waals surface area (Å²) >= 11 is 0. The molecule has 3 aromatic carbocycles. The third kappa shape index (κ3) is 17.6. The average molecular weight is 567 g/mol. The molecule has 0 aromatic heterocycles. The van der Waals surface area contributed by atoms with Crippen molar-refractivity contribution in [2.45, 2.75) is 99.7 Å². The van der Waals surface area contributed by atoms with E-state index in [4.69, 9.17) is 18.9 Å². The molecule has 2 heterocycles. The van der Waals surface area contributed by atoms with Gasteiger partial charge in [0, 0.05) is 0 Å². The summed E-state index contributed by atoms with van der Waals surface area (Å²) < 4.78 is 20.8. The molecule has 0 aliphatic carbocycles. The van der Waals surface area contributed by atoms with E-state index in [2.05, 4.69) is 65.8 Å². The summed E-state index contributed by atoms with van der Waals surface area (Å²) in [7, 11) is 0. The summed E-state index contributed by atoms with van der Waals surface area (Å²) in [5.74, 6) is 1.84. The Morgan fingerprint density at radius 1 is 0.561 bits per heavy atom. The van der Waals surface area contributed by atoms with Crippen LogP contribution in [0.1, 0.15) is 87.8 Å². The van der Waals surface area contributed by atoms with E-state index in [-0.39, 0.29) is 18.3 Å². The first-order valence-corrected chi connectivity index (χ1v) is 14.8. The van der Waals surface area contributed by atoms with E-state index in [9.17, 15) is 0 Å². The highest BCUT2D eigenvalue weighted by atomic mass is 16.6. The van der Waals surface area contributed by atoms with Crippen LogP contribution in [0.3, 0.4) is 0 Å². The lowest BCUT2D eigenvalue weighted by Gasteiger charge is -2.24. The predicted molar refractivity (Wildman–Crippen MR) is 177 cm³/mol. The van der Waals surface area contributed by atoms with Crippen molar-refractivity contribution in [3.05, 3.63) is 96.1 Å². The first kappa shape index (κ1) is 38.2. The van der Waals surface area contributed by atoms with Crippen LogP contribution in [0.2, 0.25) is 0 Å². The van der Waals surface area contributed by atoms with Crippen molar-refractivity contribution in [2.75, 3.05) is 26.4 Å². The number of epoxide rings is 2. The van der Waals surface area contributed by atoms with Gasteiger partial charge in [0.2, 0.25) is 0 Å². The van der Waals surface area contributed by atoms with Gasteiger partial charge >= 0.3 is 0 Å². The molecule has 0 amide bonds. The van der Waals surface area contributed by atoms with Gasteiger partial charge in [-0.25, -0.2) is 0 Å². The minimum absolute atomic E-state index is 0. The molecule has 5 rings (SSSR count). The highest BCUT2D eigenvalue weighted by Gasteiger charge is 2.23. The van der Waals surface area contributed by atoms with Crippen LogP contribution in [0, 0.1) is 0 Å². The van der Waals surface area contributed by atoms with E-state index in [0.717, 1.165) is 24.7 Å². The van der Waals surface area contributed by atoms with E-state index in [1.165, 1.54) is 11.1 Å². The maximum Gasteiger partial charge on any atom is 0.119 e. The van der Waals surface area contributed by atoms with Crippen molar-refractivity contribution in [1.29, 1.82) is 0 Å². The Morgan fingerprint density at radius 3 is 1.15 bits per heavy atom. The molecule has 2 saturated heterocycles. The summed E-state index contributed by atoms with van der Waals surface area (Å²) in [5.41, 5.74) is 3.34. The molecule has 3 aromatic rings. The second-order valence-corrected chi connectivity index (χ2v) is 11.2. The lowest BCUT2D eigenvalue weighted by atomic mass is 9.81. The van der Waals surface area contributed by atoms with Crippen LogP contribution < -0.4 is 9.47 Å². The number of para-hydroxylation sites is 2. The fourth-order valence-electron chi connectivity index (χ4n) is 3.19. The van der Waals surface area contributed by atoms with Crippen molar-refractivity contribution in [3.63, 3.8) is 0 Å².